The Kier molecular flexibility index (Phi) is 6.14. The highest BCUT2D eigenvalue weighted by Gasteiger charge is 2.20. The fourth-order valence-electron chi connectivity index (χ4n) is 2.87. The van der Waals surface area contributed by atoms with Crippen LogP contribution in [0.4, 0.5) is 0 Å². The van der Waals surface area contributed by atoms with Gasteiger partial charge in [-0.05, 0) is 50.0 Å². The molecule has 1 N–H and O–H groups in total. The van der Waals surface area contributed by atoms with Crippen LogP contribution in [0.3, 0.4) is 0 Å². The van der Waals surface area contributed by atoms with Crippen LogP contribution in [-0.2, 0) is 6.54 Å². The van der Waals surface area contributed by atoms with Crippen LogP contribution in [-0.4, -0.2) is 37.7 Å². The summed E-state index contributed by atoms with van der Waals surface area (Å²) in [4.78, 5) is 2.57. The van der Waals surface area contributed by atoms with Gasteiger partial charge in [0.25, 0.3) is 0 Å². The third-order valence-electron chi connectivity index (χ3n) is 3.90. The predicted molar refractivity (Wildman–Crippen MR) is 84.6 cm³/mol. The van der Waals surface area contributed by atoms with Gasteiger partial charge < -0.3 is 10.1 Å². The van der Waals surface area contributed by atoms with Gasteiger partial charge in [-0.25, -0.2) is 0 Å². The molecular formula is C16H25ClN2O. The first-order valence-corrected chi connectivity index (χ1v) is 7.89. The van der Waals surface area contributed by atoms with E-state index < -0.39 is 0 Å². The third-order valence-corrected chi connectivity index (χ3v) is 4.20. The Morgan fingerprint density at radius 1 is 1.45 bits per heavy atom. The van der Waals surface area contributed by atoms with Gasteiger partial charge in [0, 0.05) is 19.1 Å². The van der Waals surface area contributed by atoms with E-state index in [2.05, 4.69) is 23.2 Å². The Morgan fingerprint density at radius 3 is 2.90 bits per heavy atom. The van der Waals surface area contributed by atoms with Crippen molar-refractivity contribution in [2.24, 2.45) is 0 Å². The summed E-state index contributed by atoms with van der Waals surface area (Å²) in [7, 11) is 1.65. The molecule has 2 rings (SSSR count). The van der Waals surface area contributed by atoms with Gasteiger partial charge in [0.15, 0.2) is 0 Å². The van der Waals surface area contributed by atoms with Gasteiger partial charge in [0.1, 0.15) is 5.75 Å². The molecular weight excluding hydrogens is 272 g/mol. The minimum atomic E-state index is 0.643. The lowest BCUT2D eigenvalue weighted by Crippen LogP contribution is -2.45. The zero-order chi connectivity index (χ0) is 14.4. The molecule has 0 amide bonds. The molecule has 4 heteroatoms. The molecule has 1 saturated heterocycles. The van der Waals surface area contributed by atoms with E-state index in [0.717, 1.165) is 31.9 Å². The van der Waals surface area contributed by atoms with Crippen molar-refractivity contribution in [1.82, 2.24) is 10.2 Å². The molecule has 1 unspecified atom stereocenters. The minimum Gasteiger partial charge on any atom is -0.495 e. The summed E-state index contributed by atoms with van der Waals surface area (Å²) < 4.78 is 5.21. The number of piperidine rings is 1. The fraction of sp³-hybridized carbons (Fsp3) is 0.625. The van der Waals surface area contributed by atoms with Gasteiger partial charge in [0.2, 0.25) is 0 Å². The smallest absolute Gasteiger partial charge is 0.137 e. The molecule has 0 aromatic heterocycles. The van der Waals surface area contributed by atoms with Gasteiger partial charge in [-0.3, -0.25) is 4.90 Å². The highest BCUT2D eigenvalue weighted by molar-refractivity contribution is 6.32. The standard InChI is InChI=1S/C16H25ClN2O/c1-3-9-19(14-5-4-8-18-11-14)12-13-6-7-16(20-2)15(17)10-13/h6-7,10,14,18H,3-5,8-9,11-12H2,1-2H3. The molecule has 112 valence electrons. The van der Waals surface area contributed by atoms with E-state index in [4.69, 9.17) is 16.3 Å². The second-order valence-electron chi connectivity index (χ2n) is 5.44. The highest BCUT2D eigenvalue weighted by Crippen LogP contribution is 2.26. The Balaban J connectivity index is 2.04. The number of hydrogen-bond donors (Lipinski definition) is 1. The number of halogens is 1. The predicted octanol–water partition coefficient (Wildman–Crippen LogP) is 3.31. The Morgan fingerprint density at radius 2 is 2.30 bits per heavy atom. The Hall–Kier alpha value is -0.770. The summed E-state index contributed by atoms with van der Waals surface area (Å²) >= 11 is 6.22. The van der Waals surface area contributed by atoms with Gasteiger partial charge in [0.05, 0.1) is 12.1 Å². The van der Waals surface area contributed by atoms with Crippen LogP contribution in [0, 0.1) is 0 Å². The number of benzene rings is 1. The van der Waals surface area contributed by atoms with Crippen molar-refractivity contribution < 1.29 is 4.74 Å². The number of rotatable bonds is 6. The molecule has 1 atom stereocenters. The number of methoxy groups -OCH3 is 1. The molecule has 1 fully saturated rings. The van der Waals surface area contributed by atoms with E-state index >= 15 is 0 Å². The third kappa shape index (κ3) is 4.11. The van der Waals surface area contributed by atoms with Crippen LogP contribution in [0.5, 0.6) is 5.75 Å². The second-order valence-corrected chi connectivity index (χ2v) is 5.85. The van der Waals surface area contributed by atoms with Crippen molar-refractivity contribution in [1.29, 1.82) is 0 Å². The van der Waals surface area contributed by atoms with Crippen molar-refractivity contribution in [3.8, 4) is 5.75 Å². The zero-order valence-corrected chi connectivity index (χ0v) is 13.2. The van der Waals surface area contributed by atoms with Crippen LogP contribution in [0.25, 0.3) is 0 Å². The monoisotopic (exact) mass is 296 g/mol. The van der Waals surface area contributed by atoms with Crippen molar-refractivity contribution in [3.05, 3.63) is 28.8 Å². The largest absolute Gasteiger partial charge is 0.495 e. The van der Waals surface area contributed by atoms with E-state index in [1.54, 1.807) is 7.11 Å². The topological polar surface area (TPSA) is 24.5 Å². The Bertz CT molecular complexity index is 419. The molecule has 0 radical (unpaired) electrons. The molecule has 1 aromatic rings. The van der Waals surface area contributed by atoms with Crippen molar-refractivity contribution >= 4 is 11.6 Å². The summed E-state index contributed by atoms with van der Waals surface area (Å²) in [5.74, 6) is 0.747. The van der Waals surface area contributed by atoms with Crippen LogP contribution >= 0.6 is 11.6 Å². The molecule has 1 aromatic carbocycles. The maximum atomic E-state index is 6.22. The number of ether oxygens (including phenoxy) is 1. The van der Waals surface area contributed by atoms with Crippen molar-refractivity contribution in [2.45, 2.75) is 38.8 Å². The average Bonchev–Trinajstić information content (AvgIpc) is 2.48. The number of nitrogens with zero attached hydrogens (tertiary/aromatic N) is 1. The zero-order valence-electron chi connectivity index (χ0n) is 12.5. The van der Waals surface area contributed by atoms with Gasteiger partial charge in [-0.2, -0.15) is 0 Å². The van der Waals surface area contributed by atoms with Crippen LogP contribution in [0.2, 0.25) is 5.02 Å². The Labute approximate surface area is 127 Å². The lowest BCUT2D eigenvalue weighted by atomic mass is 10.0. The lowest BCUT2D eigenvalue weighted by Gasteiger charge is -2.34. The van der Waals surface area contributed by atoms with Crippen LogP contribution < -0.4 is 10.1 Å². The van der Waals surface area contributed by atoms with Crippen LogP contribution in [0.15, 0.2) is 18.2 Å². The first-order valence-electron chi connectivity index (χ1n) is 7.51. The molecule has 20 heavy (non-hydrogen) atoms. The summed E-state index contributed by atoms with van der Waals surface area (Å²) in [5, 5.41) is 4.20. The van der Waals surface area contributed by atoms with Gasteiger partial charge in [-0.15, -0.1) is 0 Å². The molecule has 0 aliphatic carbocycles. The van der Waals surface area contributed by atoms with E-state index in [1.807, 2.05) is 12.1 Å². The maximum Gasteiger partial charge on any atom is 0.137 e. The minimum absolute atomic E-state index is 0.643. The number of hydrogen-bond acceptors (Lipinski definition) is 3. The summed E-state index contributed by atoms with van der Waals surface area (Å²) in [6.07, 6.45) is 3.74. The molecule has 1 aliphatic rings. The number of nitrogens with one attached hydrogen (secondary N) is 1. The van der Waals surface area contributed by atoms with E-state index in [-0.39, 0.29) is 0 Å². The molecule has 0 bridgehead atoms. The van der Waals surface area contributed by atoms with E-state index in [1.165, 1.54) is 24.8 Å². The summed E-state index contributed by atoms with van der Waals surface area (Å²) in [5.41, 5.74) is 1.26. The molecule has 1 heterocycles. The first kappa shape index (κ1) is 15.6. The fourth-order valence-corrected chi connectivity index (χ4v) is 3.15. The van der Waals surface area contributed by atoms with Gasteiger partial charge in [-0.1, -0.05) is 24.6 Å². The lowest BCUT2D eigenvalue weighted by molar-refractivity contribution is 0.158. The summed E-state index contributed by atoms with van der Waals surface area (Å²) in [6.45, 7) is 6.60. The second kappa shape index (κ2) is 7.87. The van der Waals surface area contributed by atoms with Crippen LogP contribution in [0.1, 0.15) is 31.7 Å². The first-order chi connectivity index (χ1) is 9.74. The average molecular weight is 297 g/mol. The normalized spacial score (nSPS) is 19.3. The van der Waals surface area contributed by atoms with E-state index in [9.17, 15) is 0 Å². The van der Waals surface area contributed by atoms with Crippen molar-refractivity contribution in [2.75, 3.05) is 26.7 Å². The molecule has 3 nitrogen and oxygen atoms in total. The highest BCUT2D eigenvalue weighted by atomic mass is 35.5. The SMILES string of the molecule is CCCN(Cc1ccc(OC)c(Cl)c1)C1CCCNC1. The maximum absolute atomic E-state index is 6.22. The van der Waals surface area contributed by atoms with Gasteiger partial charge >= 0.3 is 0 Å². The molecule has 0 spiro atoms. The quantitative estimate of drug-likeness (QED) is 0.871. The van der Waals surface area contributed by atoms with Crippen molar-refractivity contribution in [3.63, 3.8) is 0 Å². The summed E-state index contributed by atoms with van der Waals surface area (Å²) in [6, 6.07) is 6.74. The van der Waals surface area contributed by atoms with E-state index in [0.29, 0.717) is 11.1 Å². The molecule has 1 aliphatic heterocycles. The molecule has 0 saturated carbocycles.